The number of hydrogen-bond acceptors (Lipinski definition) is 2. The highest BCUT2D eigenvalue weighted by molar-refractivity contribution is 6.31. The number of nitrogens with zero attached hydrogens (tertiary/aromatic N) is 2. The van der Waals surface area contributed by atoms with Gasteiger partial charge in [-0.2, -0.15) is 5.10 Å². The van der Waals surface area contributed by atoms with Crippen molar-refractivity contribution in [2.75, 3.05) is 7.05 Å². The van der Waals surface area contributed by atoms with Crippen LogP contribution in [-0.4, -0.2) is 22.9 Å². The minimum atomic E-state index is 0.399. The zero-order valence-electron chi connectivity index (χ0n) is 11.9. The van der Waals surface area contributed by atoms with Crippen molar-refractivity contribution in [1.82, 2.24) is 15.1 Å². The Morgan fingerprint density at radius 1 is 1.44 bits per heavy atom. The molecular weight excluding hydrogens is 246 g/mol. The second kappa shape index (κ2) is 5.22. The fourth-order valence-electron chi connectivity index (χ4n) is 2.75. The fourth-order valence-corrected chi connectivity index (χ4v) is 3.09. The van der Waals surface area contributed by atoms with Crippen LogP contribution in [0.4, 0.5) is 0 Å². The lowest BCUT2D eigenvalue weighted by Gasteiger charge is -2.23. The van der Waals surface area contributed by atoms with Gasteiger partial charge in [0.2, 0.25) is 0 Å². The topological polar surface area (TPSA) is 29.9 Å². The first-order chi connectivity index (χ1) is 8.57. The summed E-state index contributed by atoms with van der Waals surface area (Å²) in [4.78, 5) is 0. The lowest BCUT2D eigenvalue weighted by atomic mass is 9.92. The third-order valence-corrected chi connectivity index (χ3v) is 4.89. The minimum Gasteiger partial charge on any atom is -0.317 e. The molecule has 1 atom stereocenters. The van der Waals surface area contributed by atoms with E-state index >= 15 is 0 Å². The van der Waals surface area contributed by atoms with E-state index in [1.807, 2.05) is 7.05 Å². The molecule has 1 aromatic rings. The summed E-state index contributed by atoms with van der Waals surface area (Å²) in [6.07, 6.45) is 4.55. The number of nitrogens with one attached hydrogen (secondary N) is 1. The van der Waals surface area contributed by atoms with E-state index in [2.05, 4.69) is 35.9 Å². The zero-order chi connectivity index (χ0) is 13.3. The van der Waals surface area contributed by atoms with Gasteiger partial charge in [0, 0.05) is 12.6 Å². The van der Waals surface area contributed by atoms with Crippen molar-refractivity contribution in [3.63, 3.8) is 0 Å². The fraction of sp³-hybridized carbons (Fsp3) is 0.786. The van der Waals surface area contributed by atoms with Crippen molar-refractivity contribution in [2.24, 2.45) is 5.41 Å². The van der Waals surface area contributed by atoms with Crippen molar-refractivity contribution in [3.8, 4) is 0 Å². The van der Waals surface area contributed by atoms with Gasteiger partial charge in [-0.05, 0) is 52.0 Å². The maximum Gasteiger partial charge on any atom is 0.0850 e. The third kappa shape index (κ3) is 2.30. The van der Waals surface area contributed by atoms with E-state index in [9.17, 15) is 0 Å². The molecule has 1 aromatic heterocycles. The van der Waals surface area contributed by atoms with Gasteiger partial charge >= 0.3 is 0 Å². The van der Waals surface area contributed by atoms with E-state index in [1.54, 1.807) is 0 Å². The van der Waals surface area contributed by atoms with Crippen LogP contribution < -0.4 is 5.32 Å². The van der Waals surface area contributed by atoms with E-state index in [4.69, 9.17) is 11.6 Å². The van der Waals surface area contributed by atoms with Crippen LogP contribution in [-0.2, 0) is 19.4 Å². The molecule has 18 heavy (non-hydrogen) atoms. The molecule has 1 heterocycles. The molecule has 1 fully saturated rings. The number of aryl methyl sites for hydroxylation is 2. The van der Waals surface area contributed by atoms with Crippen LogP contribution >= 0.6 is 11.6 Å². The Morgan fingerprint density at radius 3 is 2.56 bits per heavy atom. The van der Waals surface area contributed by atoms with E-state index in [1.165, 1.54) is 18.5 Å². The van der Waals surface area contributed by atoms with Crippen LogP contribution in [0.15, 0.2) is 0 Å². The van der Waals surface area contributed by atoms with Crippen LogP contribution in [0.25, 0.3) is 0 Å². The van der Waals surface area contributed by atoms with E-state index < -0.39 is 0 Å². The molecule has 0 amide bonds. The van der Waals surface area contributed by atoms with Crippen LogP contribution in [0.1, 0.15) is 45.0 Å². The van der Waals surface area contributed by atoms with Gasteiger partial charge < -0.3 is 5.32 Å². The molecule has 0 bridgehead atoms. The molecule has 1 saturated carbocycles. The second-order valence-corrected chi connectivity index (χ2v) is 5.80. The smallest absolute Gasteiger partial charge is 0.0850 e. The average molecular weight is 270 g/mol. The van der Waals surface area contributed by atoms with Gasteiger partial charge in [-0.1, -0.05) is 18.5 Å². The quantitative estimate of drug-likeness (QED) is 0.860. The van der Waals surface area contributed by atoms with Gasteiger partial charge in [0.15, 0.2) is 0 Å². The lowest BCUT2D eigenvalue weighted by molar-refractivity contribution is 0.359. The highest BCUT2D eigenvalue weighted by atomic mass is 35.5. The van der Waals surface area contributed by atoms with Gasteiger partial charge in [-0.15, -0.1) is 0 Å². The Bertz CT molecular complexity index is 421. The highest BCUT2D eigenvalue weighted by Crippen LogP contribution is 2.52. The standard InChI is InChI=1S/C14H24ClN3/c1-5-11-13(15)12(18(6-2)17-11)9-14(7-8-14)10(3)16-4/h10,16H,5-9H2,1-4H3. The molecule has 102 valence electrons. The molecule has 0 spiro atoms. The summed E-state index contributed by atoms with van der Waals surface area (Å²) in [5, 5.41) is 8.90. The number of rotatable bonds is 6. The minimum absolute atomic E-state index is 0.399. The van der Waals surface area contributed by atoms with E-state index in [0.717, 1.165) is 30.1 Å². The molecule has 1 aliphatic carbocycles. The molecule has 0 saturated heterocycles. The summed E-state index contributed by atoms with van der Waals surface area (Å²) in [6, 6.07) is 0.541. The molecule has 0 radical (unpaired) electrons. The second-order valence-electron chi connectivity index (χ2n) is 5.43. The predicted molar refractivity (Wildman–Crippen MR) is 76.2 cm³/mol. The van der Waals surface area contributed by atoms with Crippen LogP contribution in [0, 0.1) is 5.41 Å². The average Bonchev–Trinajstić information content (AvgIpc) is 3.11. The van der Waals surface area contributed by atoms with E-state index in [-0.39, 0.29) is 0 Å². The highest BCUT2D eigenvalue weighted by Gasteiger charge is 2.47. The van der Waals surface area contributed by atoms with Crippen LogP contribution in [0.5, 0.6) is 0 Å². The molecule has 1 N–H and O–H groups in total. The van der Waals surface area contributed by atoms with Crippen molar-refractivity contribution in [1.29, 1.82) is 0 Å². The molecule has 2 rings (SSSR count). The SMILES string of the molecule is CCc1nn(CC)c(CC2(C(C)NC)CC2)c1Cl. The molecule has 0 aliphatic heterocycles. The van der Waals surface area contributed by atoms with Crippen LogP contribution in [0.2, 0.25) is 5.02 Å². The summed E-state index contributed by atoms with van der Waals surface area (Å²) < 4.78 is 2.09. The van der Waals surface area contributed by atoms with E-state index in [0.29, 0.717) is 11.5 Å². The molecule has 0 aromatic carbocycles. The van der Waals surface area contributed by atoms with Gasteiger partial charge in [-0.3, -0.25) is 4.68 Å². The van der Waals surface area contributed by atoms with Gasteiger partial charge in [0.05, 0.1) is 16.4 Å². The number of halogens is 1. The summed E-state index contributed by atoms with van der Waals surface area (Å²) in [5.74, 6) is 0. The molecule has 3 nitrogen and oxygen atoms in total. The summed E-state index contributed by atoms with van der Waals surface area (Å²) in [7, 11) is 2.04. The monoisotopic (exact) mass is 269 g/mol. The van der Waals surface area contributed by atoms with Crippen molar-refractivity contribution in [3.05, 3.63) is 16.4 Å². The lowest BCUT2D eigenvalue weighted by Crippen LogP contribution is -2.33. The Kier molecular flexibility index (Phi) is 4.02. The van der Waals surface area contributed by atoms with Gasteiger partial charge in [0.1, 0.15) is 0 Å². The summed E-state index contributed by atoms with van der Waals surface area (Å²) in [6.45, 7) is 7.42. The Hall–Kier alpha value is -0.540. The Labute approximate surface area is 115 Å². The van der Waals surface area contributed by atoms with Crippen molar-refractivity contribution in [2.45, 2.75) is 59.0 Å². The zero-order valence-corrected chi connectivity index (χ0v) is 12.6. The van der Waals surface area contributed by atoms with Crippen molar-refractivity contribution >= 4 is 11.6 Å². The Balaban J connectivity index is 2.26. The normalized spacial score (nSPS) is 18.9. The Morgan fingerprint density at radius 2 is 2.11 bits per heavy atom. The maximum atomic E-state index is 6.49. The predicted octanol–water partition coefficient (Wildman–Crippen LogP) is 3.05. The maximum absolute atomic E-state index is 6.49. The van der Waals surface area contributed by atoms with Crippen LogP contribution in [0.3, 0.4) is 0 Å². The molecular formula is C14H24ClN3. The molecule has 1 unspecified atom stereocenters. The summed E-state index contributed by atoms with van der Waals surface area (Å²) >= 11 is 6.49. The van der Waals surface area contributed by atoms with Gasteiger partial charge in [0.25, 0.3) is 0 Å². The summed E-state index contributed by atoms with van der Waals surface area (Å²) in [5.41, 5.74) is 2.67. The number of hydrogen-bond donors (Lipinski definition) is 1. The first-order valence-electron chi connectivity index (χ1n) is 6.99. The van der Waals surface area contributed by atoms with Gasteiger partial charge in [-0.25, -0.2) is 0 Å². The first-order valence-corrected chi connectivity index (χ1v) is 7.37. The molecule has 1 aliphatic rings. The third-order valence-electron chi connectivity index (χ3n) is 4.46. The first kappa shape index (κ1) is 13.9. The number of aromatic nitrogens is 2. The molecule has 4 heteroatoms. The van der Waals surface area contributed by atoms with Crippen molar-refractivity contribution < 1.29 is 0 Å². The largest absolute Gasteiger partial charge is 0.317 e.